The van der Waals surface area contributed by atoms with Crippen molar-refractivity contribution >= 4 is 10.2 Å². The average molecular weight is 244 g/mol. The van der Waals surface area contributed by atoms with Gasteiger partial charge in [-0.15, -0.1) is 6.42 Å². The van der Waals surface area contributed by atoms with Gasteiger partial charge in [-0.2, -0.15) is 17.4 Å². The highest BCUT2D eigenvalue weighted by Gasteiger charge is 2.28. The summed E-state index contributed by atoms with van der Waals surface area (Å²) in [4.78, 5) is 0. The van der Waals surface area contributed by atoms with Gasteiger partial charge in [0.1, 0.15) is 0 Å². The topological polar surface area (TPSA) is 49.4 Å². The van der Waals surface area contributed by atoms with Gasteiger partial charge in [-0.1, -0.05) is 18.8 Å². The molecule has 0 aliphatic carbocycles. The second-order valence-electron chi connectivity index (χ2n) is 4.69. The zero-order chi connectivity index (χ0) is 12.2. The summed E-state index contributed by atoms with van der Waals surface area (Å²) < 4.78 is 28.1. The van der Waals surface area contributed by atoms with E-state index in [-0.39, 0.29) is 0 Å². The Bertz CT molecular complexity index is 360. The molecule has 0 unspecified atom stereocenters. The fraction of sp³-hybridized carbons (Fsp3) is 0.818. The Kier molecular flexibility index (Phi) is 4.36. The van der Waals surface area contributed by atoms with Gasteiger partial charge in [0, 0.05) is 13.1 Å². The van der Waals surface area contributed by atoms with Crippen LogP contribution >= 0.6 is 0 Å². The number of terminal acetylenes is 1. The van der Waals surface area contributed by atoms with Gasteiger partial charge in [-0.05, 0) is 26.7 Å². The zero-order valence-corrected chi connectivity index (χ0v) is 10.8. The molecule has 0 radical (unpaired) electrons. The molecule has 4 nitrogen and oxygen atoms in total. The molecule has 5 heteroatoms. The monoisotopic (exact) mass is 244 g/mol. The summed E-state index contributed by atoms with van der Waals surface area (Å²) in [5.41, 5.74) is -0.828. The highest BCUT2D eigenvalue weighted by atomic mass is 32.2. The van der Waals surface area contributed by atoms with E-state index in [1.165, 1.54) is 4.31 Å². The standard InChI is InChI=1S/C11H20N2O2S/c1-4-11(2,3)12-16(14,15)13-9-7-5-6-8-10-13/h1,12H,5-10H2,2-3H3. The second kappa shape index (κ2) is 5.17. The third-order valence-electron chi connectivity index (χ3n) is 2.65. The first-order valence-electron chi connectivity index (χ1n) is 5.64. The number of hydrogen-bond donors (Lipinski definition) is 1. The van der Waals surface area contributed by atoms with Crippen molar-refractivity contribution in [1.82, 2.24) is 9.03 Å². The third kappa shape index (κ3) is 3.78. The first kappa shape index (κ1) is 13.5. The molecule has 0 aromatic rings. The molecule has 0 bridgehead atoms. The van der Waals surface area contributed by atoms with Crippen LogP contribution in [0.2, 0.25) is 0 Å². The van der Waals surface area contributed by atoms with Gasteiger partial charge in [-0.25, -0.2) is 0 Å². The van der Waals surface area contributed by atoms with Crippen LogP contribution in [0.5, 0.6) is 0 Å². The zero-order valence-electron chi connectivity index (χ0n) is 9.99. The Hall–Kier alpha value is -0.570. The maximum absolute atomic E-state index is 12.0. The molecular formula is C11H20N2O2S. The third-order valence-corrected chi connectivity index (χ3v) is 4.46. The number of hydrogen-bond acceptors (Lipinski definition) is 2. The number of nitrogens with one attached hydrogen (secondary N) is 1. The molecule has 1 N–H and O–H groups in total. The van der Waals surface area contributed by atoms with Gasteiger partial charge in [-0.3, -0.25) is 0 Å². The van der Waals surface area contributed by atoms with Crippen LogP contribution in [-0.4, -0.2) is 31.4 Å². The summed E-state index contributed by atoms with van der Waals surface area (Å²) in [6.07, 6.45) is 9.34. The largest absolute Gasteiger partial charge is 0.280 e. The van der Waals surface area contributed by atoms with E-state index >= 15 is 0 Å². The van der Waals surface area contributed by atoms with Crippen LogP contribution in [0, 0.1) is 12.3 Å². The summed E-state index contributed by atoms with van der Waals surface area (Å²) in [7, 11) is -3.44. The fourth-order valence-corrected chi connectivity index (χ4v) is 3.27. The Morgan fingerprint density at radius 3 is 2.12 bits per heavy atom. The lowest BCUT2D eigenvalue weighted by atomic mass is 10.1. The minimum atomic E-state index is -3.44. The maximum atomic E-state index is 12.0. The van der Waals surface area contributed by atoms with Crippen LogP contribution in [-0.2, 0) is 10.2 Å². The van der Waals surface area contributed by atoms with E-state index in [9.17, 15) is 8.42 Å². The van der Waals surface area contributed by atoms with Gasteiger partial charge >= 0.3 is 0 Å². The van der Waals surface area contributed by atoms with E-state index in [1.54, 1.807) is 13.8 Å². The molecule has 0 aromatic carbocycles. The van der Waals surface area contributed by atoms with E-state index in [1.807, 2.05) is 0 Å². The predicted octanol–water partition coefficient (Wildman–Crippen LogP) is 1.11. The number of rotatable bonds is 3. The highest BCUT2D eigenvalue weighted by Crippen LogP contribution is 2.14. The molecular weight excluding hydrogens is 224 g/mol. The first-order valence-corrected chi connectivity index (χ1v) is 7.08. The van der Waals surface area contributed by atoms with Crippen LogP contribution in [0.4, 0.5) is 0 Å². The lowest BCUT2D eigenvalue weighted by Crippen LogP contribution is -2.49. The molecule has 1 saturated heterocycles. The van der Waals surface area contributed by atoms with Crippen molar-refractivity contribution in [3.8, 4) is 12.3 Å². The Morgan fingerprint density at radius 2 is 1.69 bits per heavy atom. The normalized spacial score (nSPS) is 20.1. The van der Waals surface area contributed by atoms with Gasteiger partial charge in [0.2, 0.25) is 0 Å². The lowest BCUT2D eigenvalue weighted by molar-refractivity contribution is 0.403. The minimum Gasteiger partial charge on any atom is -0.195 e. The lowest BCUT2D eigenvalue weighted by Gasteiger charge is -2.26. The second-order valence-corrected chi connectivity index (χ2v) is 6.36. The van der Waals surface area contributed by atoms with Crippen molar-refractivity contribution < 1.29 is 8.42 Å². The molecule has 1 aliphatic heterocycles. The molecule has 1 aliphatic rings. The van der Waals surface area contributed by atoms with E-state index < -0.39 is 15.7 Å². The fourth-order valence-electron chi connectivity index (χ4n) is 1.70. The Morgan fingerprint density at radius 1 is 1.19 bits per heavy atom. The van der Waals surface area contributed by atoms with Crippen molar-refractivity contribution in [1.29, 1.82) is 0 Å². The minimum absolute atomic E-state index is 0.593. The summed E-state index contributed by atoms with van der Waals surface area (Å²) in [5, 5.41) is 0. The smallest absolute Gasteiger partial charge is 0.195 e. The molecule has 92 valence electrons. The molecule has 0 atom stereocenters. The Labute approximate surface area is 98.6 Å². The van der Waals surface area contributed by atoms with Crippen molar-refractivity contribution in [2.24, 2.45) is 0 Å². The molecule has 1 rings (SSSR count). The van der Waals surface area contributed by atoms with Crippen molar-refractivity contribution in [2.45, 2.75) is 45.1 Å². The predicted molar refractivity (Wildman–Crippen MR) is 65.0 cm³/mol. The van der Waals surface area contributed by atoms with Crippen LogP contribution in [0.1, 0.15) is 39.5 Å². The summed E-state index contributed by atoms with van der Waals surface area (Å²) in [6, 6.07) is 0. The van der Waals surface area contributed by atoms with Gasteiger partial charge < -0.3 is 0 Å². The maximum Gasteiger partial charge on any atom is 0.280 e. The van der Waals surface area contributed by atoms with E-state index in [0.29, 0.717) is 13.1 Å². The van der Waals surface area contributed by atoms with Gasteiger partial charge in [0.05, 0.1) is 5.54 Å². The van der Waals surface area contributed by atoms with Gasteiger partial charge in [0.25, 0.3) is 10.2 Å². The molecule has 0 amide bonds. The molecule has 16 heavy (non-hydrogen) atoms. The molecule has 0 aromatic heterocycles. The van der Waals surface area contributed by atoms with E-state index in [4.69, 9.17) is 6.42 Å². The van der Waals surface area contributed by atoms with E-state index in [0.717, 1.165) is 25.7 Å². The van der Waals surface area contributed by atoms with Crippen molar-refractivity contribution in [2.75, 3.05) is 13.1 Å². The number of nitrogens with zero attached hydrogens (tertiary/aromatic N) is 1. The molecule has 0 saturated carbocycles. The molecule has 1 heterocycles. The summed E-state index contributed by atoms with van der Waals surface area (Å²) >= 11 is 0. The summed E-state index contributed by atoms with van der Waals surface area (Å²) in [5.74, 6) is 2.44. The van der Waals surface area contributed by atoms with Crippen LogP contribution < -0.4 is 4.72 Å². The first-order chi connectivity index (χ1) is 7.37. The summed E-state index contributed by atoms with van der Waals surface area (Å²) in [6.45, 7) is 4.55. The van der Waals surface area contributed by atoms with Crippen LogP contribution in [0.25, 0.3) is 0 Å². The highest BCUT2D eigenvalue weighted by molar-refractivity contribution is 7.87. The van der Waals surface area contributed by atoms with Gasteiger partial charge in [0.15, 0.2) is 0 Å². The van der Waals surface area contributed by atoms with Crippen LogP contribution in [0.3, 0.4) is 0 Å². The van der Waals surface area contributed by atoms with Crippen LogP contribution in [0.15, 0.2) is 0 Å². The molecule has 1 fully saturated rings. The average Bonchev–Trinajstić information content (AvgIpc) is 2.44. The van der Waals surface area contributed by atoms with E-state index in [2.05, 4.69) is 10.6 Å². The van der Waals surface area contributed by atoms with Crippen molar-refractivity contribution in [3.63, 3.8) is 0 Å². The Balaban J connectivity index is 2.73. The molecule has 0 spiro atoms. The van der Waals surface area contributed by atoms with Crippen molar-refractivity contribution in [3.05, 3.63) is 0 Å². The SMILES string of the molecule is C#CC(C)(C)NS(=O)(=O)N1CCCCCC1. The quantitative estimate of drug-likeness (QED) is 0.756.